The molecule has 2 rings (SSSR count). The summed E-state index contributed by atoms with van der Waals surface area (Å²) >= 11 is 17.2. The van der Waals surface area contributed by atoms with Gasteiger partial charge in [-0.3, -0.25) is 0 Å². The second-order valence-corrected chi connectivity index (χ2v) is 7.17. The van der Waals surface area contributed by atoms with Crippen LogP contribution in [0.5, 0.6) is 0 Å². The molecule has 0 N–H and O–H groups in total. The molecule has 1 aromatic carbocycles. The van der Waals surface area contributed by atoms with Gasteiger partial charge in [-0.25, -0.2) is 9.97 Å². The molecular weight excluding hydrogens is 379 g/mol. The fourth-order valence-electron chi connectivity index (χ4n) is 1.63. The van der Waals surface area contributed by atoms with Crippen molar-refractivity contribution in [2.75, 3.05) is 0 Å². The summed E-state index contributed by atoms with van der Waals surface area (Å²) < 4.78 is 0.783. The highest BCUT2D eigenvalue weighted by atomic mass is 79.9. The Hall–Kier alpha value is -0.290. The minimum atomic E-state index is 0.291. The zero-order valence-corrected chi connectivity index (χ0v) is 14.9. The lowest BCUT2D eigenvalue weighted by atomic mass is 10.1. The van der Waals surface area contributed by atoms with Crippen molar-refractivity contribution in [2.24, 2.45) is 0 Å². The number of hydrogen-bond acceptors (Lipinski definition) is 3. The van der Waals surface area contributed by atoms with Crippen molar-refractivity contribution in [3.63, 3.8) is 0 Å². The van der Waals surface area contributed by atoms with Crippen molar-refractivity contribution in [3.8, 4) is 0 Å². The van der Waals surface area contributed by atoms with E-state index in [4.69, 9.17) is 23.2 Å². The Labute approximate surface area is 141 Å². The van der Waals surface area contributed by atoms with Crippen molar-refractivity contribution >= 4 is 50.9 Å². The van der Waals surface area contributed by atoms with Gasteiger partial charge in [0.15, 0.2) is 0 Å². The largest absolute Gasteiger partial charge is 0.235 e. The third-order valence-electron chi connectivity index (χ3n) is 2.59. The van der Waals surface area contributed by atoms with E-state index in [-0.39, 0.29) is 0 Å². The average molecular weight is 392 g/mol. The van der Waals surface area contributed by atoms with Crippen LogP contribution in [0.4, 0.5) is 0 Å². The summed E-state index contributed by atoms with van der Waals surface area (Å²) in [6, 6.07) is 7.73. The van der Waals surface area contributed by atoms with Gasteiger partial charge in [-0.05, 0) is 40.0 Å². The van der Waals surface area contributed by atoms with E-state index in [0.717, 1.165) is 25.9 Å². The molecule has 1 heterocycles. The molecule has 20 heavy (non-hydrogen) atoms. The highest BCUT2D eigenvalue weighted by molar-refractivity contribution is 9.10. The smallest absolute Gasteiger partial charge is 0.147 e. The van der Waals surface area contributed by atoms with Crippen LogP contribution in [0.15, 0.2) is 33.6 Å². The first kappa shape index (κ1) is 16.1. The number of nitrogens with zero attached hydrogens (tertiary/aromatic N) is 2. The molecule has 2 aromatic rings. The number of halogens is 3. The van der Waals surface area contributed by atoms with Crippen LogP contribution in [-0.4, -0.2) is 9.97 Å². The molecule has 0 aliphatic carbocycles. The van der Waals surface area contributed by atoms with Crippen molar-refractivity contribution in [1.29, 1.82) is 0 Å². The molecule has 0 radical (unpaired) electrons. The minimum Gasteiger partial charge on any atom is -0.235 e. The van der Waals surface area contributed by atoms with Gasteiger partial charge in [-0.1, -0.05) is 43.1 Å². The van der Waals surface area contributed by atoms with Gasteiger partial charge < -0.3 is 0 Å². The summed E-state index contributed by atoms with van der Waals surface area (Å²) in [4.78, 5) is 9.97. The van der Waals surface area contributed by atoms with Crippen LogP contribution >= 0.6 is 50.9 Å². The molecule has 0 aliphatic rings. The average Bonchev–Trinajstić information content (AvgIpc) is 2.39. The maximum Gasteiger partial charge on any atom is 0.147 e. The molecule has 0 saturated carbocycles. The summed E-state index contributed by atoms with van der Waals surface area (Å²) in [6.07, 6.45) is 0. The Balaban J connectivity index is 2.18. The monoisotopic (exact) mass is 390 g/mol. The van der Waals surface area contributed by atoms with Gasteiger partial charge in [0.1, 0.15) is 11.0 Å². The van der Waals surface area contributed by atoms with Crippen molar-refractivity contribution in [2.45, 2.75) is 30.4 Å². The molecule has 0 fully saturated rings. The Morgan fingerprint density at radius 3 is 2.65 bits per heavy atom. The molecule has 106 valence electrons. The fraction of sp³-hybridized carbons (Fsp3) is 0.286. The van der Waals surface area contributed by atoms with Gasteiger partial charge in [0, 0.05) is 9.92 Å². The summed E-state index contributed by atoms with van der Waals surface area (Å²) in [5.74, 6) is 1.68. The lowest BCUT2D eigenvalue weighted by Gasteiger charge is -2.10. The third kappa shape index (κ3) is 4.10. The standard InChI is InChI=1S/C14H13BrCl2N2S/c1-8(2)13-12(15)14(17)19-11(18-13)7-20-10-5-3-4-9(16)6-10/h3-6,8H,7H2,1-2H3. The zero-order valence-electron chi connectivity index (χ0n) is 11.0. The molecule has 0 aliphatic heterocycles. The number of aromatic nitrogens is 2. The first-order chi connectivity index (χ1) is 9.47. The van der Waals surface area contributed by atoms with E-state index in [1.807, 2.05) is 24.3 Å². The summed E-state index contributed by atoms with van der Waals surface area (Å²) in [7, 11) is 0. The van der Waals surface area contributed by atoms with Crippen LogP contribution in [0.25, 0.3) is 0 Å². The lowest BCUT2D eigenvalue weighted by Crippen LogP contribution is -2.02. The summed E-state index contributed by atoms with van der Waals surface area (Å²) in [5, 5.41) is 1.19. The van der Waals surface area contributed by atoms with Gasteiger partial charge >= 0.3 is 0 Å². The second-order valence-electron chi connectivity index (χ2n) is 4.53. The molecule has 0 spiro atoms. The van der Waals surface area contributed by atoms with Gasteiger partial charge in [0.2, 0.25) is 0 Å². The molecule has 1 aromatic heterocycles. The topological polar surface area (TPSA) is 25.8 Å². The van der Waals surface area contributed by atoms with Crippen LogP contribution in [-0.2, 0) is 5.75 Å². The van der Waals surface area contributed by atoms with E-state index in [0.29, 0.717) is 16.8 Å². The minimum absolute atomic E-state index is 0.291. The summed E-state index contributed by atoms with van der Waals surface area (Å²) in [5.41, 5.74) is 0.937. The fourth-order valence-corrected chi connectivity index (χ4v) is 3.53. The van der Waals surface area contributed by atoms with E-state index in [2.05, 4.69) is 39.7 Å². The quantitative estimate of drug-likeness (QED) is 0.474. The normalized spacial score (nSPS) is 11.1. The second kappa shape index (κ2) is 7.12. The molecule has 0 atom stereocenters. The number of hydrogen-bond donors (Lipinski definition) is 0. The SMILES string of the molecule is CC(C)c1nc(CSc2cccc(Cl)c2)nc(Cl)c1Br. The first-order valence-electron chi connectivity index (χ1n) is 6.07. The molecule has 2 nitrogen and oxygen atoms in total. The number of thioether (sulfide) groups is 1. The highest BCUT2D eigenvalue weighted by Gasteiger charge is 2.13. The van der Waals surface area contributed by atoms with Crippen LogP contribution in [0.3, 0.4) is 0 Å². The lowest BCUT2D eigenvalue weighted by molar-refractivity contribution is 0.791. The van der Waals surface area contributed by atoms with E-state index in [9.17, 15) is 0 Å². The van der Waals surface area contributed by atoms with E-state index >= 15 is 0 Å². The Kier molecular flexibility index (Phi) is 5.73. The molecule has 6 heteroatoms. The van der Waals surface area contributed by atoms with Crippen molar-refractivity contribution < 1.29 is 0 Å². The highest BCUT2D eigenvalue weighted by Crippen LogP contribution is 2.30. The predicted octanol–water partition coefficient (Wildman–Crippen LogP) is 5.96. The van der Waals surface area contributed by atoms with Crippen LogP contribution < -0.4 is 0 Å². The Bertz CT molecular complexity index is 620. The third-order valence-corrected chi connectivity index (χ3v) is 5.10. The van der Waals surface area contributed by atoms with Crippen LogP contribution in [0.1, 0.15) is 31.3 Å². The van der Waals surface area contributed by atoms with Crippen molar-refractivity contribution in [3.05, 3.63) is 50.4 Å². The maximum atomic E-state index is 6.14. The number of benzene rings is 1. The van der Waals surface area contributed by atoms with Gasteiger partial charge in [-0.15, -0.1) is 11.8 Å². The van der Waals surface area contributed by atoms with Crippen LogP contribution in [0.2, 0.25) is 10.2 Å². The van der Waals surface area contributed by atoms with Crippen molar-refractivity contribution in [1.82, 2.24) is 9.97 Å². The maximum absolute atomic E-state index is 6.14. The summed E-state index contributed by atoms with van der Waals surface area (Å²) in [6.45, 7) is 4.16. The predicted molar refractivity (Wildman–Crippen MR) is 89.8 cm³/mol. The van der Waals surface area contributed by atoms with E-state index in [1.165, 1.54) is 0 Å². The number of rotatable bonds is 4. The van der Waals surface area contributed by atoms with Gasteiger partial charge in [-0.2, -0.15) is 0 Å². The Morgan fingerprint density at radius 2 is 2.00 bits per heavy atom. The van der Waals surface area contributed by atoms with Gasteiger partial charge in [0.25, 0.3) is 0 Å². The molecule has 0 amide bonds. The zero-order chi connectivity index (χ0) is 14.7. The van der Waals surface area contributed by atoms with E-state index < -0.39 is 0 Å². The molecule has 0 unspecified atom stereocenters. The molecule has 0 saturated heterocycles. The van der Waals surface area contributed by atoms with E-state index in [1.54, 1.807) is 11.8 Å². The van der Waals surface area contributed by atoms with Gasteiger partial charge in [0.05, 0.1) is 15.9 Å². The van der Waals surface area contributed by atoms with Crippen LogP contribution in [0, 0.1) is 0 Å². The Morgan fingerprint density at radius 1 is 1.25 bits per heavy atom. The molecular formula is C14H13BrCl2N2S. The first-order valence-corrected chi connectivity index (χ1v) is 8.61. The molecule has 0 bridgehead atoms.